The van der Waals surface area contributed by atoms with Gasteiger partial charge in [0.25, 0.3) is 0 Å². The van der Waals surface area contributed by atoms with Gasteiger partial charge in [0.15, 0.2) is 0 Å². The van der Waals surface area contributed by atoms with Crippen LogP contribution in [-0.2, 0) is 4.79 Å². The molecule has 0 bridgehead atoms. The fourth-order valence-corrected chi connectivity index (χ4v) is 1.78. The molecule has 3 rings (SSSR count). The van der Waals surface area contributed by atoms with Crippen LogP contribution in [0.25, 0.3) is 10.9 Å². The zero-order chi connectivity index (χ0) is 11.8. The Morgan fingerprint density at radius 3 is 3.00 bits per heavy atom. The topological polar surface area (TPSA) is 54.9 Å². The van der Waals surface area contributed by atoms with Crippen LogP contribution in [0.2, 0.25) is 5.02 Å². The number of rotatable bonds is 2. The van der Waals surface area contributed by atoms with Crippen molar-refractivity contribution in [1.82, 2.24) is 9.97 Å². The van der Waals surface area contributed by atoms with E-state index in [-0.39, 0.29) is 11.8 Å². The lowest BCUT2D eigenvalue weighted by molar-refractivity contribution is -0.117. The molecule has 4 nitrogen and oxygen atoms in total. The quantitative estimate of drug-likeness (QED) is 0.888. The van der Waals surface area contributed by atoms with E-state index in [9.17, 15) is 4.79 Å². The number of aromatic nitrogens is 2. The van der Waals surface area contributed by atoms with Crippen molar-refractivity contribution in [2.24, 2.45) is 5.92 Å². The van der Waals surface area contributed by atoms with Gasteiger partial charge in [-0.3, -0.25) is 10.1 Å². The molecule has 1 fully saturated rings. The lowest BCUT2D eigenvalue weighted by atomic mass is 10.2. The number of anilines is 1. The van der Waals surface area contributed by atoms with E-state index in [0.717, 1.165) is 23.7 Å². The standard InChI is InChI=1S/C12H10ClN3O/c13-9-4-3-8-6-14-12(15-10(8)5-9)16-11(17)7-1-2-7/h3-7H,1-2H2,(H,14,15,16,17). The molecule has 0 atom stereocenters. The summed E-state index contributed by atoms with van der Waals surface area (Å²) in [6.45, 7) is 0. The summed E-state index contributed by atoms with van der Waals surface area (Å²) in [7, 11) is 0. The van der Waals surface area contributed by atoms with Gasteiger partial charge in [-0.15, -0.1) is 0 Å². The monoisotopic (exact) mass is 247 g/mol. The third-order valence-corrected chi connectivity index (χ3v) is 2.96. The fraction of sp³-hybridized carbons (Fsp3) is 0.250. The summed E-state index contributed by atoms with van der Waals surface area (Å²) in [6.07, 6.45) is 3.61. The Morgan fingerprint density at radius 1 is 1.41 bits per heavy atom. The Kier molecular flexibility index (Phi) is 2.44. The molecular weight excluding hydrogens is 238 g/mol. The zero-order valence-electron chi connectivity index (χ0n) is 8.98. The summed E-state index contributed by atoms with van der Waals surface area (Å²) in [6, 6.07) is 5.39. The highest BCUT2D eigenvalue weighted by Crippen LogP contribution is 2.29. The maximum absolute atomic E-state index is 11.6. The highest BCUT2D eigenvalue weighted by atomic mass is 35.5. The van der Waals surface area contributed by atoms with E-state index in [2.05, 4.69) is 15.3 Å². The molecule has 17 heavy (non-hydrogen) atoms. The van der Waals surface area contributed by atoms with Gasteiger partial charge in [-0.2, -0.15) is 0 Å². The van der Waals surface area contributed by atoms with Crippen LogP contribution in [0.3, 0.4) is 0 Å². The number of nitrogens with zero attached hydrogens (tertiary/aromatic N) is 2. The Balaban J connectivity index is 1.92. The second-order valence-corrected chi connectivity index (χ2v) is 4.60. The van der Waals surface area contributed by atoms with E-state index in [4.69, 9.17) is 11.6 Å². The normalized spacial score (nSPS) is 14.9. The van der Waals surface area contributed by atoms with E-state index in [1.165, 1.54) is 0 Å². The lowest BCUT2D eigenvalue weighted by Gasteiger charge is -2.03. The molecule has 1 aliphatic rings. The number of amides is 1. The Bertz CT molecular complexity index is 595. The first kappa shape index (κ1) is 10.5. The molecular formula is C12H10ClN3O. The van der Waals surface area contributed by atoms with Gasteiger partial charge in [0, 0.05) is 22.5 Å². The van der Waals surface area contributed by atoms with Gasteiger partial charge in [-0.25, -0.2) is 9.97 Å². The number of hydrogen-bond donors (Lipinski definition) is 1. The average molecular weight is 248 g/mol. The summed E-state index contributed by atoms with van der Waals surface area (Å²) in [4.78, 5) is 19.9. The molecule has 1 N–H and O–H groups in total. The Labute approximate surface area is 103 Å². The van der Waals surface area contributed by atoms with Crippen LogP contribution in [0.4, 0.5) is 5.95 Å². The minimum Gasteiger partial charge on any atom is -0.294 e. The predicted octanol–water partition coefficient (Wildman–Crippen LogP) is 2.63. The summed E-state index contributed by atoms with van der Waals surface area (Å²) >= 11 is 5.89. The van der Waals surface area contributed by atoms with E-state index in [1.807, 2.05) is 6.07 Å². The van der Waals surface area contributed by atoms with Crippen molar-refractivity contribution < 1.29 is 4.79 Å². The molecule has 1 aromatic heterocycles. The zero-order valence-corrected chi connectivity index (χ0v) is 9.74. The van der Waals surface area contributed by atoms with Crippen LogP contribution in [0, 0.1) is 5.92 Å². The maximum Gasteiger partial charge on any atom is 0.229 e. The summed E-state index contributed by atoms with van der Waals surface area (Å²) in [5, 5.41) is 4.23. The molecule has 2 aromatic rings. The molecule has 1 saturated carbocycles. The van der Waals surface area contributed by atoms with E-state index in [0.29, 0.717) is 11.0 Å². The van der Waals surface area contributed by atoms with Crippen molar-refractivity contribution in [2.75, 3.05) is 5.32 Å². The number of halogens is 1. The molecule has 1 aliphatic carbocycles. The predicted molar refractivity (Wildman–Crippen MR) is 65.9 cm³/mol. The summed E-state index contributed by atoms with van der Waals surface area (Å²) in [5.74, 6) is 0.497. The highest BCUT2D eigenvalue weighted by Gasteiger charge is 2.30. The average Bonchev–Trinajstić information content (AvgIpc) is 3.12. The van der Waals surface area contributed by atoms with E-state index in [1.54, 1.807) is 18.3 Å². The fourth-order valence-electron chi connectivity index (χ4n) is 1.61. The van der Waals surface area contributed by atoms with Crippen molar-refractivity contribution in [2.45, 2.75) is 12.8 Å². The second kappa shape index (κ2) is 3.96. The Morgan fingerprint density at radius 2 is 2.24 bits per heavy atom. The van der Waals surface area contributed by atoms with Crippen molar-refractivity contribution >= 4 is 34.4 Å². The first-order chi connectivity index (χ1) is 8.22. The van der Waals surface area contributed by atoms with Crippen LogP contribution in [0.15, 0.2) is 24.4 Å². The minimum absolute atomic E-state index is 0.00591. The van der Waals surface area contributed by atoms with Gasteiger partial charge in [-0.05, 0) is 31.0 Å². The van der Waals surface area contributed by atoms with Gasteiger partial charge in [-0.1, -0.05) is 11.6 Å². The molecule has 5 heteroatoms. The highest BCUT2D eigenvalue weighted by molar-refractivity contribution is 6.31. The summed E-state index contributed by atoms with van der Waals surface area (Å²) in [5.41, 5.74) is 0.735. The van der Waals surface area contributed by atoms with Gasteiger partial charge < -0.3 is 0 Å². The molecule has 86 valence electrons. The molecule has 0 radical (unpaired) electrons. The van der Waals surface area contributed by atoms with Gasteiger partial charge >= 0.3 is 0 Å². The number of fused-ring (bicyclic) bond motifs is 1. The number of benzene rings is 1. The largest absolute Gasteiger partial charge is 0.294 e. The Hall–Kier alpha value is -1.68. The minimum atomic E-state index is 0.00591. The molecule has 1 amide bonds. The third-order valence-electron chi connectivity index (χ3n) is 2.73. The number of nitrogens with one attached hydrogen (secondary N) is 1. The van der Waals surface area contributed by atoms with Crippen LogP contribution < -0.4 is 5.32 Å². The van der Waals surface area contributed by atoms with E-state index >= 15 is 0 Å². The molecule has 0 unspecified atom stereocenters. The molecule has 1 heterocycles. The number of carbonyl (C=O) groups is 1. The van der Waals surface area contributed by atoms with Crippen molar-refractivity contribution in [3.63, 3.8) is 0 Å². The van der Waals surface area contributed by atoms with Crippen molar-refractivity contribution in [1.29, 1.82) is 0 Å². The van der Waals surface area contributed by atoms with Crippen LogP contribution in [0.5, 0.6) is 0 Å². The lowest BCUT2D eigenvalue weighted by Crippen LogP contribution is -2.15. The molecule has 1 aromatic carbocycles. The van der Waals surface area contributed by atoms with Crippen LogP contribution in [-0.4, -0.2) is 15.9 Å². The number of hydrogen-bond acceptors (Lipinski definition) is 3. The van der Waals surface area contributed by atoms with E-state index < -0.39 is 0 Å². The van der Waals surface area contributed by atoms with Gasteiger partial charge in [0.05, 0.1) is 5.52 Å². The van der Waals surface area contributed by atoms with Gasteiger partial charge in [0.1, 0.15) is 0 Å². The number of carbonyl (C=O) groups excluding carboxylic acids is 1. The molecule has 0 saturated heterocycles. The SMILES string of the molecule is O=C(Nc1ncc2ccc(Cl)cc2n1)C1CC1. The van der Waals surface area contributed by atoms with Crippen molar-refractivity contribution in [3.05, 3.63) is 29.4 Å². The molecule has 0 aliphatic heterocycles. The molecule has 0 spiro atoms. The summed E-state index contributed by atoms with van der Waals surface area (Å²) < 4.78 is 0. The van der Waals surface area contributed by atoms with Crippen LogP contribution in [0.1, 0.15) is 12.8 Å². The second-order valence-electron chi connectivity index (χ2n) is 4.16. The first-order valence-corrected chi connectivity index (χ1v) is 5.83. The smallest absolute Gasteiger partial charge is 0.229 e. The van der Waals surface area contributed by atoms with Crippen molar-refractivity contribution in [3.8, 4) is 0 Å². The first-order valence-electron chi connectivity index (χ1n) is 5.45. The van der Waals surface area contributed by atoms with Crippen LogP contribution >= 0.6 is 11.6 Å². The maximum atomic E-state index is 11.6. The third kappa shape index (κ3) is 2.22. The van der Waals surface area contributed by atoms with Gasteiger partial charge in [0.2, 0.25) is 11.9 Å².